The molecule has 0 N–H and O–H groups in total. The lowest BCUT2D eigenvalue weighted by molar-refractivity contribution is 0.954. The van der Waals surface area contributed by atoms with Gasteiger partial charge in [0.1, 0.15) is 0 Å². The van der Waals surface area contributed by atoms with Gasteiger partial charge in [-0.3, -0.25) is 4.57 Å². The smallest absolute Gasteiger partial charge is 0.238 e. The molecule has 0 bridgehead atoms. The second-order valence-corrected chi connectivity index (χ2v) is 13.8. The van der Waals surface area contributed by atoms with E-state index in [1.165, 1.54) is 0 Å². The molecular formula is C51H31N5S. The zero-order valence-corrected chi connectivity index (χ0v) is 29.7. The highest BCUT2D eigenvalue weighted by Crippen LogP contribution is 2.43. The number of nitrogens with zero attached hydrogens (tertiary/aromatic N) is 5. The SMILES string of the molecule is [2H]c1c([2H])c([2H])c(-n2c3c([2H])c([2H])c([2H])c([2H])c3c3c([2H])c([2H])c4c(c5c([2H])c([2H])c([2H])c([2H])c5n4-c4nc(-c5ccc(-c6ccccc6)cc5)nc(-c5c([2H])c([2H])c([2H])c6c5sc5c([2H])c([2H])c([2H])c([2H])c56)n4)c32)c([2H])c1[2H]. The van der Waals surface area contributed by atoms with E-state index in [4.69, 9.17) is 32.8 Å². The molecule has 0 aliphatic carbocycles. The molecule has 4 heterocycles. The molecule has 4 aromatic heterocycles. The van der Waals surface area contributed by atoms with Crippen LogP contribution in [0.25, 0.3) is 109 Å². The maximum absolute atomic E-state index is 9.91. The molecule has 0 unspecified atom stereocenters. The summed E-state index contributed by atoms with van der Waals surface area (Å²) in [6.07, 6.45) is 0. The second-order valence-electron chi connectivity index (χ2n) is 12.8. The largest absolute Gasteiger partial charge is 0.309 e. The van der Waals surface area contributed by atoms with E-state index in [-0.39, 0.29) is 42.5 Å². The molecular weight excluding hydrogens is 715 g/mol. The number of hydrogen-bond acceptors (Lipinski definition) is 4. The number of fused-ring (bicyclic) bond motifs is 10. The number of benzene rings is 8. The van der Waals surface area contributed by atoms with Gasteiger partial charge in [0, 0.05) is 58.5 Å². The van der Waals surface area contributed by atoms with Crippen LogP contribution >= 0.6 is 11.3 Å². The van der Waals surface area contributed by atoms with E-state index in [0.717, 1.165) is 31.6 Å². The fraction of sp³-hybridized carbons (Fsp3) is 0. The summed E-state index contributed by atoms with van der Waals surface area (Å²) in [4.78, 5) is 14.6. The third-order valence-corrected chi connectivity index (χ3v) is 10.8. The lowest BCUT2D eigenvalue weighted by Crippen LogP contribution is -2.06. The van der Waals surface area contributed by atoms with Crippen molar-refractivity contribution in [2.24, 2.45) is 0 Å². The highest BCUT2D eigenvalue weighted by molar-refractivity contribution is 7.26. The third-order valence-electron chi connectivity index (χ3n) is 9.69. The summed E-state index contributed by atoms with van der Waals surface area (Å²) in [5, 5.41) is -1.82. The van der Waals surface area contributed by atoms with Gasteiger partial charge < -0.3 is 4.57 Å². The molecule has 12 rings (SSSR count). The molecule has 0 amide bonds. The van der Waals surface area contributed by atoms with Crippen LogP contribution in [0.3, 0.4) is 0 Å². The predicted molar refractivity (Wildman–Crippen MR) is 238 cm³/mol. The highest BCUT2D eigenvalue weighted by Gasteiger charge is 2.23. The molecule has 0 aliphatic heterocycles. The summed E-state index contributed by atoms with van der Waals surface area (Å²) < 4.78 is 201. The van der Waals surface area contributed by atoms with Crippen LogP contribution in [0.4, 0.5) is 0 Å². The molecule has 0 spiro atoms. The van der Waals surface area contributed by atoms with Crippen molar-refractivity contribution in [3.05, 3.63) is 188 Å². The molecule has 12 aromatic rings. The van der Waals surface area contributed by atoms with Crippen LogP contribution in [-0.4, -0.2) is 24.1 Å². The molecule has 8 aromatic carbocycles. The Kier molecular flexibility index (Phi) is 3.78. The van der Waals surface area contributed by atoms with E-state index in [1.54, 1.807) is 24.3 Å². The number of para-hydroxylation sites is 3. The average Bonchev–Trinajstić information content (AvgIpc) is 2.48. The van der Waals surface area contributed by atoms with E-state index in [9.17, 15) is 12.3 Å². The van der Waals surface area contributed by atoms with Crippen LogP contribution in [-0.2, 0) is 0 Å². The van der Waals surface area contributed by atoms with Gasteiger partial charge in [-0.25, -0.2) is 4.98 Å². The quantitative estimate of drug-likeness (QED) is 0.175. The first kappa shape index (κ1) is 17.2. The average molecular weight is 768 g/mol. The number of hydrogen-bond donors (Lipinski definition) is 0. The van der Waals surface area contributed by atoms with Crippen molar-refractivity contribution >= 4 is 75.1 Å². The molecule has 5 nitrogen and oxygen atoms in total. The lowest BCUT2D eigenvalue weighted by atomic mass is 10.0. The van der Waals surface area contributed by atoms with Gasteiger partial charge in [0.05, 0.1) is 52.2 Å². The van der Waals surface area contributed by atoms with E-state index in [0.29, 0.717) is 0 Å². The lowest BCUT2D eigenvalue weighted by Gasteiger charge is -2.12. The first-order chi connectivity index (χ1) is 37.4. The van der Waals surface area contributed by atoms with Gasteiger partial charge in [-0.15, -0.1) is 11.3 Å². The molecule has 0 radical (unpaired) electrons. The maximum Gasteiger partial charge on any atom is 0.238 e. The number of rotatable bonds is 5. The summed E-state index contributed by atoms with van der Waals surface area (Å²) in [6, 6.07) is 0.135. The van der Waals surface area contributed by atoms with Crippen molar-refractivity contribution in [3.63, 3.8) is 0 Å². The number of thiophene rings is 1. The van der Waals surface area contributed by atoms with E-state index in [2.05, 4.69) is 0 Å². The summed E-state index contributed by atoms with van der Waals surface area (Å²) in [5.41, 5.74) is -0.837. The second kappa shape index (κ2) is 12.6. The van der Waals surface area contributed by atoms with Crippen LogP contribution in [0.2, 0.25) is 0 Å². The van der Waals surface area contributed by atoms with Gasteiger partial charge in [0.2, 0.25) is 5.95 Å². The van der Waals surface area contributed by atoms with Gasteiger partial charge in [-0.1, -0.05) is 145 Å². The zero-order valence-electron chi connectivity index (χ0n) is 50.8. The molecule has 266 valence electrons. The Balaban J connectivity index is 1.32. The molecule has 0 saturated heterocycles. The van der Waals surface area contributed by atoms with Crippen molar-refractivity contribution in [3.8, 4) is 45.5 Å². The van der Waals surface area contributed by atoms with Crippen molar-refractivity contribution in [1.29, 1.82) is 0 Å². The van der Waals surface area contributed by atoms with Gasteiger partial charge in [0.25, 0.3) is 0 Å². The number of aromatic nitrogens is 5. The van der Waals surface area contributed by atoms with Crippen LogP contribution in [0.5, 0.6) is 0 Å². The van der Waals surface area contributed by atoms with Crippen LogP contribution in [0, 0.1) is 0 Å². The fourth-order valence-electron chi connectivity index (χ4n) is 7.24. The van der Waals surface area contributed by atoms with Gasteiger partial charge in [-0.05, 0) is 53.4 Å². The Hall–Kier alpha value is -7.41. The zero-order chi connectivity index (χ0) is 56.6. The Morgan fingerprint density at radius 3 is 1.91 bits per heavy atom. The minimum atomic E-state index is -0.860. The topological polar surface area (TPSA) is 48.5 Å². The van der Waals surface area contributed by atoms with E-state index in [1.807, 2.05) is 30.3 Å². The minimum Gasteiger partial charge on any atom is -0.309 e. The molecule has 0 fully saturated rings. The van der Waals surface area contributed by atoms with Crippen molar-refractivity contribution < 1.29 is 30.2 Å². The summed E-state index contributed by atoms with van der Waals surface area (Å²) in [7, 11) is 0. The molecule has 6 heteroatoms. The predicted octanol–water partition coefficient (Wildman–Crippen LogP) is 13.4. The Labute approximate surface area is 362 Å². The summed E-state index contributed by atoms with van der Waals surface area (Å²) in [5.74, 6) is -1.13. The highest BCUT2D eigenvalue weighted by atomic mass is 32.1. The minimum absolute atomic E-state index is 0.000872. The summed E-state index contributed by atoms with van der Waals surface area (Å²) >= 11 is 0.792. The van der Waals surface area contributed by atoms with Crippen molar-refractivity contribution in [1.82, 2.24) is 24.1 Å². The monoisotopic (exact) mass is 767 g/mol. The Morgan fingerprint density at radius 2 is 1.09 bits per heavy atom. The first-order valence-corrected chi connectivity index (χ1v) is 18.1. The molecule has 0 atom stereocenters. The normalized spacial score (nSPS) is 17.3. The Morgan fingerprint density at radius 1 is 0.439 bits per heavy atom. The van der Waals surface area contributed by atoms with Crippen LogP contribution in [0.15, 0.2) is 188 Å². The molecule has 0 saturated carbocycles. The first-order valence-electron chi connectivity index (χ1n) is 28.3. The van der Waals surface area contributed by atoms with E-state index >= 15 is 0 Å². The molecule has 0 aliphatic rings. The van der Waals surface area contributed by atoms with Gasteiger partial charge in [0.15, 0.2) is 11.6 Å². The van der Waals surface area contributed by atoms with E-state index < -0.39 is 189 Å². The van der Waals surface area contributed by atoms with Gasteiger partial charge in [-0.2, -0.15) is 9.97 Å². The maximum atomic E-state index is 9.91. The van der Waals surface area contributed by atoms with Crippen LogP contribution in [0.1, 0.15) is 30.2 Å². The van der Waals surface area contributed by atoms with Crippen LogP contribution < -0.4 is 0 Å². The standard InChI is InChI=1S/C51H31N5S/c1-3-14-32(15-4-1)33-26-28-34(29-27-33)49-52-50(41-22-13-21-39-37-19-9-12-25-45(37)57-48(39)41)54-51(53-49)56-43-24-11-8-20-40(43)46-44(56)31-30-38-36-18-7-10-23-42(36)55(47(38)46)35-16-5-2-6-17-35/h1-31H/i2D,5D,6D,7D,8D,9D,10D,11D,12D,13D,16D,17D,18D,19D,20D,21D,22D,23D,24D,25D,30D,31D. The fourth-order valence-corrected chi connectivity index (χ4v) is 8.30. The van der Waals surface area contributed by atoms with Crippen molar-refractivity contribution in [2.45, 2.75) is 0 Å². The molecule has 57 heavy (non-hydrogen) atoms. The summed E-state index contributed by atoms with van der Waals surface area (Å²) in [6.45, 7) is 0. The Bertz CT molecular complexity index is 4780. The third kappa shape index (κ3) is 4.91. The van der Waals surface area contributed by atoms with Gasteiger partial charge >= 0.3 is 0 Å². The van der Waals surface area contributed by atoms with Crippen molar-refractivity contribution in [2.75, 3.05) is 0 Å².